The Bertz CT molecular complexity index is 1110. The van der Waals surface area contributed by atoms with Gasteiger partial charge in [-0.2, -0.15) is 0 Å². The molecule has 0 unspecified atom stereocenters. The number of pyridine rings is 1. The fraction of sp³-hybridized carbons (Fsp3) is 0.458. The minimum absolute atomic E-state index is 0.0214. The molecule has 0 spiro atoms. The van der Waals surface area contributed by atoms with Crippen molar-refractivity contribution in [3.63, 3.8) is 0 Å². The highest BCUT2D eigenvalue weighted by Gasteiger charge is 2.13. The summed E-state index contributed by atoms with van der Waals surface area (Å²) in [6.07, 6.45) is 0. The predicted octanol–water partition coefficient (Wildman–Crippen LogP) is 2.86. The first kappa shape index (κ1) is 22.1. The first-order chi connectivity index (χ1) is 13.9. The minimum Gasteiger partial charge on any atom is -0.488 e. The van der Waals surface area contributed by atoms with E-state index in [0.29, 0.717) is 24.0 Å². The van der Waals surface area contributed by atoms with Crippen LogP contribution in [0.15, 0.2) is 41.2 Å². The molecule has 1 aromatic heterocycles. The van der Waals surface area contributed by atoms with Gasteiger partial charge in [0.05, 0.1) is 53.3 Å². The molecule has 3 aromatic rings. The van der Waals surface area contributed by atoms with E-state index in [1.54, 1.807) is 0 Å². The number of quaternary nitrogens is 2. The van der Waals surface area contributed by atoms with Gasteiger partial charge in [-0.3, -0.25) is 4.79 Å². The largest absolute Gasteiger partial charge is 0.488 e. The van der Waals surface area contributed by atoms with E-state index >= 15 is 0 Å². The molecule has 30 heavy (non-hydrogen) atoms. The topological polar surface area (TPSA) is 40.5 Å². The maximum atomic E-state index is 13.2. The number of fused-ring (bicyclic) bond motifs is 2. The van der Waals surface area contributed by atoms with Crippen molar-refractivity contribution in [1.82, 2.24) is 4.57 Å². The fourth-order valence-corrected chi connectivity index (χ4v) is 3.30. The molecule has 0 aliphatic heterocycles. The molecule has 1 heterocycles. The fourth-order valence-electron chi connectivity index (χ4n) is 3.30. The molecule has 0 bridgehead atoms. The van der Waals surface area contributed by atoms with Gasteiger partial charge in [0, 0.05) is 23.9 Å². The van der Waals surface area contributed by atoms with Crippen LogP contribution in [0.25, 0.3) is 21.8 Å². The second-order valence-electron chi connectivity index (χ2n) is 9.97. The first-order valence-corrected chi connectivity index (χ1v) is 10.4. The summed E-state index contributed by atoms with van der Waals surface area (Å²) >= 11 is 0. The number of hydrogen-bond acceptors (Lipinski definition) is 3. The molecule has 162 valence electrons. The van der Waals surface area contributed by atoms with Gasteiger partial charge in [-0.05, 0) is 30.3 Å². The molecule has 0 saturated heterocycles. The Kier molecular flexibility index (Phi) is 6.11. The van der Waals surface area contributed by atoms with Crippen molar-refractivity contribution in [2.45, 2.75) is 0 Å². The van der Waals surface area contributed by atoms with Crippen LogP contribution in [0, 0.1) is 0 Å². The molecule has 0 aliphatic rings. The van der Waals surface area contributed by atoms with Gasteiger partial charge in [-0.25, -0.2) is 0 Å². The van der Waals surface area contributed by atoms with Crippen LogP contribution in [0.1, 0.15) is 0 Å². The first-order valence-electron chi connectivity index (χ1n) is 10.4. The Morgan fingerprint density at radius 2 is 1.27 bits per heavy atom. The summed E-state index contributed by atoms with van der Waals surface area (Å²) in [5.74, 6) is 1.51. The van der Waals surface area contributed by atoms with Crippen LogP contribution in [0.5, 0.6) is 11.5 Å². The Balaban J connectivity index is 1.91. The molecule has 6 heteroatoms. The third kappa shape index (κ3) is 5.32. The van der Waals surface area contributed by atoms with E-state index in [2.05, 4.69) is 46.9 Å². The van der Waals surface area contributed by atoms with Gasteiger partial charge < -0.3 is 23.0 Å². The number of aryl methyl sites for hydroxylation is 1. The predicted molar refractivity (Wildman–Crippen MR) is 123 cm³/mol. The lowest BCUT2D eigenvalue weighted by Crippen LogP contribution is -2.38. The molecular formula is C24H35N3O3+2. The summed E-state index contributed by atoms with van der Waals surface area (Å²) in [5, 5.41) is 1.36. The molecule has 0 aliphatic carbocycles. The van der Waals surface area contributed by atoms with E-state index < -0.39 is 0 Å². The SMILES string of the molecule is Cn1c2ccc(OCC[N+](C)(C)C)cc2c(=O)c2ccc(OCC[N+](C)(C)C)cc21. The molecule has 3 rings (SSSR count). The van der Waals surface area contributed by atoms with E-state index in [-0.39, 0.29) is 5.43 Å². The van der Waals surface area contributed by atoms with Crippen molar-refractivity contribution in [2.24, 2.45) is 7.05 Å². The number of hydrogen-bond donors (Lipinski definition) is 0. The molecule has 6 nitrogen and oxygen atoms in total. The maximum absolute atomic E-state index is 13.2. The number of aromatic nitrogens is 1. The van der Waals surface area contributed by atoms with Gasteiger partial charge in [-0.15, -0.1) is 0 Å². The van der Waals surface area contributed by atoms with Crippen molar-refractivity contribution in [3.05, 3.63) is 46.6 Å². The van der Waals surface area contributed by atoms with Crippen LogP contribution in [-0.4, -0.2) is 82.1 Å². The third-order valence-electron chi connectivity index (χ3n) is 5.21. The molecule has 0 fully saturated rings. The van der Waals surface area contributed by atoms with Crippen LogP contribution in [0.4, 0.5) is 0 Å². The van der Waals surface area contributed by atoms with Gasteiger partial charge in [0.15, 0.2) is 5.43 Å². The average Bonchev–Trinajstić information content (AvgIpc) is 2.64. The van der Waals surface area contributed by atoms with Crippen molar-refractivity contribution in [3.8, 4) is 11.5 Å². The number of ether oxygens (including phenoxy) is 2. The van der Waals surface area contributed by atoms with Crippen LogP contribution in [0.2, 0.25) is 0 Å². The molecule has 0 atom stereocenters. The maximum Gasteiger partial charge on any atom is 0.197 e. The highest BCUT2D eigenvalue weighted by atomic mass is 16.5. The number of benzene rings is 2. The Labute approximate surface area is 179 Å². The highest BCUT2D eigenvalue weighted by Crippen LogP contribution is 2.25. The molecular weight excluding hydrogens is 378 g/mol. The number of rotatable bonds is 8. The van der Waals surface area contributed by atoms with E-state index in [0.717, 1.165) is 44.6 Å². The van der Waals surface area contributed by atoms with Crippen LogP contribution >= 0.6 is 0 Å². The van der Waals surface area contributed by atoms with Crippen molar-refractivity contribution in [2.75, 3.05) is 68.6 Å². The van der Waals surface area contributed by atoms with Gasteiger partial charge in [0.2, 0.25) is 0 Å². The number of likely N-dealkylation sites (N-methyl/N-ethyl adjacent to an activating group) is 2. The van der Waals surface area contributed by atoms with Crippen LogP contribution in [-0.2, 0) is 7.05 Å². The lowest BCUT2D eigenvalue weighted by Gasteiger charge is -2.23. The van der Waals surface area contributed by atoms with E-state index in [9.17, 15) is 4.79 Å². The van der Waals surface area contributed by atoms with E-state index in [1.807, 2.05) is 43.4 Å². The molecule has 2 aromatic carbocycles. The van der Waals surface area contributed by atoms with Crippen molar-refractivity contribution >= 4 is 21.8 Å². The van der Waals surface area contributed by atoms with Crippen molar-refractivity contribution < 1.29 is 18.4 Å². The molecule has 0 saturated carbocycles. The zero-order valence-electron chi connectivity index (χ0n) is 19.4. The lowest BCUT2D eigenvalue weighted by molar-refractivity contribution is -0.870. The second-order valence-corrected chi connectivity index (χ2v) is 9.97. The quantitative estimate of drug-likeness (QED) is 0.421. The Morgan fingerprint density at radius 3 is 1.83 bits per heavy atom. The molecule has 0 radical (unpaired) electrons. The zero-order valence-corrected chi connectivity index (χ0v) is 19.4. The Hall–Kier alpha value is -2.57. The number of nitrogens with zero attached hydrogens (tertiary/aromatic N) is 3. The average molecular weight is 414 g/mol. The van der Waals surface area contributed by atoms with E-state index in [4.69, 9.17) is 9.47 Å². The Morgan fingerprint density at radius 1 is 0.733 bits per heavy atom. The summed E-state index contributed by atoms with van der Waals surface area (Å²) in [7, 11) is 14.8. The summed E-state index contributed by atoms with van der Waals surface area (Å²) in [6.45, 7) is 3.04. The van der Waals surface area contributed by atoms with Gasteiger partial charge in [0.25, 0.3) is 0 Å². The minimum atomic E-state index is 0.0214. The second kappa shape index (κ2) is 8.28. The lowest BCUT2D eigenvalue weighted by atomic mass is 10.1. The standard InChI is InChI=1S/C24H35N3O3/c1-25-22-11-9-18(29-14-12-26(2,3)4)16-21(22)24(28)20-10-8-19(17-23(20)25)30-15-13-27(5,6)7/h8-11,16-17H,12-15H2,1-7H3/q+2. The third-order valence-corrected chi connectivity index (χ3v) is 5.21. The van der Waals surface area contributed by atoms with Crippen LogP contribution in [0.3, 0.4) is 0 Å². The summed E-state index contributed by atoms with van der Waals surface area (Å²) < 4.78 is 15.6. The van der Waals surface area contributed by atoms with Crippen LogP contribution < -0.4 is 14.9 Å². The van der Waals surface area contributed by atoms with E-state index in [1.165, 1.54) is 0 Å². The molecule has 0 N–H and O–H groups in total. The van der Waals surface area contributed by atoms with Gasteiger partial charge in [-0.1, -0.05) is 0 Å². The highest BCUT2D eigenvalue weighted by molar-refractivity contribution is 5.94. The summed E-state index contributed by atoms with van der Waals surface area (Å²) in [6, 6.07) is 11.5. The zero-order chi connectivity index (χ0) is 22.1. The smallest absolute Gasteiger partial charge is 0.197 e. The summed E-state index contributed by atoms with van der Waals surface area (Å²) in [5.41, 5.74) is 1.77. The van der Waals surface area contributed by atoms with Gasteiger partial charge >= 0.3 is 0 Å². The normalized spacial score (nSPS) is 12.5. The monoisotopic (exact) mass is 413 g/mol. The van der Waals surface area contributed by atoms with Gasteiger partial charge in [0.1, 0.15) is 37.8 Å². The molecule has 0 amide bonds. The van der Waals surface area contributed by atoms with Crippen molar-refractivity contribution in [1.29, 1.82) is 0 Å². The summed E-state index contributed by atoms with van der Waals surface area (Å²) in [4.78, 5) is 13.2.